The summed E-state index contributed by atoms with van der Waals surface area (Å²) in [6.45, 7) is 10.8. The molecule has 0 radical (unpaired) electrons. The number of nitrogens with one attached hydrogen (secondary N) is 1. The molecule has 0 amide bonds. The summed E-state index contributed by atoms with van der Waals surface area (Å²) in [5.41, 5.74) is -2.50. The summed E-state index contributed by atoms with van der Waals surface area (Å²) in [4.78, 5) is 0.232. The number of hydrogen-bond acceptors (Lipinski definition) is 2. The van der Waals surface area contributed by atoms with Crippen molar-refractivity contribution in [2.24, 2.45) is 16.7 Å². The van der Waals surface area contributed by atoms with Gasteiger partial charge in [0.2, 0.25) is 0 Å². The fourth-order valence-corrected chi connectivity index (χ4v) is 3.55. The summed E-state index contributed by atoms with van der Waals surface area (Å²) >= 11 is -0.0727. The minimum Gasteiger partial charge on any atom is -0.312 e. The van der Waals surface area contributed by atoms with E-state index >= 15 is 0 Å². The molecule has 1 fully saturated rings. The highest BCUT2D eigenvalue weighted by molar-refractivity contribution is 8.00. The lowest BCUT2D eigenvalue weighted by atomic mass is 10.0. The molecular formula is C16H22F3NS. The molecule has 0 saturated heterocycles. The lowest BCUT2D eigenvalue weighted by molar-refractivity contribution is -0.0328. The average molecular weight is 317 g/mol. The Hall–Kier alpha value is -0.680. The molecule has 118 valence electrons. The van der Waals surface area contributed by atoms with E-state index in [0.29, 0.717) is 23.3 Å². The van der Waals surface area contributed by atoms with Gasteiger partial charge < -0.3 is 5.32 Å². The van der Waals surface area contributed by atoms with Crippen LogP contribution in [0.2, 0.25) is 0 Å². The number of benzene rings is 1. The van der Waals surface area contributed by atoms with Crippen molar-refractivity contribution in [3.8, 4) is 0 Å². The van der Waals surface area contributed by atoms with Gasteiger partial charge in [-0.1, -0.05) is 39.8 Å². The molecular weight excluding hydrogens is 295 g/mol. The number of thioether (sulfide) groups is 1. The Morgan fingerprint density at radius 1 is 1.05 bits per heavy atom. The molecule has 0 atom stereocenters. The molecule has 1 aliphatic rings. The van der Waals surface area contributed by atoms with Crippen LogP contribution in [0.25, 0.3) is 0 Å². The Bertz CT molecular complexity index is 477. The number of alkyl halides is 3. The van der Waals surface area contributed by atoms with Crippen LogP contribution >= 0.6 is 11.8 Å². The summed E-state index contributed by atoms with van der Waals surface area (Å²) in [6.07, 6.45) is 0. The minimum absolute atomic E-state index is 0.0727. The van der Waals surface area contributed by atoms with Crippen LogP contribution in [-0.2, 0) is 6.54 Å². The summed E-state index contributed by atoms with van der Waals surface area (Å²) in [7, 11) is 0. The van der Waals surface area contributed by atoms with Crippen molar-refractivity contribution in [1.29, 1.82) is 0 Å². The van der Waals surface area contributed by atoms with E-state index in [-0.39, 0.29) is 16.7 Å². The van der Waals surface area contributed by atoms with Crippen molar-refractivity contribution in [3.05, 3.63) is 29.8 Å². The molecule has 1 aromatic carbocycles. The van der Waals surface area contributed by atoms with E-state index in [1.54, 1.807) is 12.1 Å². The van der Waals surface area contributed by atoms with Crippen molar-refractivity contribution < 1.29 is 13.2 Å². The highest BCUT2D eigenvalue weighted by Gasteiger charge is 2.63. The SMILES string of the molecule is CC1(C)C(CNCc2ccc(SC(F)(F)F)cc2)C1(C)C. The first kappa shape index (κ1) is 16.7. The molecule has 1 N–H and O–H groups in total. The van der Waals surface area contributed by atoms with Gasteiger partial charge in [0.1, 0.15) is 0 Å². The normalized spacial score (nSPS) is 20.5. The van der Waals surface area contributed by atoms with Crippen molar-refractivity contribution in [3.63, 3.8) is 0 Å². The predicted molar refractivity (Wildman–Crippen MR) is 81.1 cm³/mol. The van der Waals surface area contributed by atoms with Crippen molar-refractivity contribution in [2.45, 2.75) is 44.6 Å². The van der Waals surface area contributed by atoms with Gasteiger partial charge in [-0.15, -0.1) is 0 Å². The third-order valence-corrected chi connectivity index (χ3v) is 5.89. The van der Waals surface area contributed by atoms with Crippen LogP contribution in [0, 0.1) is 16.7 Å². The second-order valence-corrected chi connectivity index (χ2v) is 7.96. The molecule has 21 heavy (non-hydrogen) atoms. The van der Waals surface area contributed by atoms with Crippen molar-refractivity contribution in [1.82, 2.24) is 5.32 Å². The molecule has 0 bridgehead atoms. The van der Waals surface area contributed by atoms with Crippen LogP contribution in [0.5, 0.6) is 0 Å². The second-order valence-electron chi connectivity index (χ2n) is 6.82. The molecule has 1 saturated carbocycles. The third kappa shape index (κ3) is 3.75. The zero-order valence-corrected chi connectivity index (χ0v) is 13.7. The number of rotatable bonds is 5. The predicted octanol–water partition coefficient (Wildman–Crippen LogP) is 5.07. The van der Waals surface area contributed by atoms with Crippen LogP contribution in [0.1, 0.15) is 33.3 Å². The van der Waals surface area contributed by atoms with Crippen LogP contribution < -0.4 is 5.32 Å². The average Bonchev–Trinajstić information content (AvgIpc) is 2.71. The zero-order chi connectivity index (χ0) is 15.9. The Morgan fingerprint density at radius 2 is 1.57 bits per heavy atom. The molecule has 0 spiro atoms. The van der Waals surface area contributed by atoms with E-state index < -0.39 is 5.51 Å². The number of halogens is 3. The van der Waals surface area contributed by atoms with Gasteiger partial charge in [0.25, 0.3) is 0 Å². The van der Waals surface area contributed by atoms with Gasteiger partial charge in [0, 0.05) is 11.4 Å². The van der Waals surface area contributed by atoms with E-state index in [2.05, 4.69) is 33.0 Å². The Balaban J connectivity index is 1.80. The highest BCUT2D eigenvalue weighted by atomic mass is 32.2. The van der Waals surface area contributed by atoms with Gasteiger partial charge in [0.15, 0.2) is 0 Å². The molecule has 0 aliphatic heterocycles. The molecule has 5 heteroatoms. The van der Waals surface area contributed by atoms with E-state index in [0.717, 1.165) is 12.1 Å². The van der Waals surface area contributed by atoms with Crippen LogP contribution in [-0.4, -0.2) is 12.1 Å². The van der Waals surface area contributed by atoms with E-state index in [1.807, 2.05) is 0 Å². The Morgan fingerprint density at radius 3 is 2.00 bits per heavy atom. The van der Waals surface area contributed by atoms with Crippen LogP contribution in [0.15, 0.2) is 29.2 Å². The quantitative estimate of drug-likeness (QED) is 0.761. The highest BCUT2D eigenvalue weighted by Crippen LogP contribution is 2.67. The lowest BCUT2D eigenvalue weighted by Crippen LogP contribution is -2.18. The molecule has 0 heterocycles. The minimum atomic E-state index is -4.22. The molecule has 0 unspecified atom stereocenters. The van der Waals surface area contributed by atoms with E-state index in [1.165, 1.54) is 12.1 Å². The first-order valence-corrected chi connectivity index (χ1v) is 7.91. The molecule has 2 rings (SSSR count). The topological polar surface area (TPSA) is 12.0 Å². The second kappa shape index (κ2) is 5.51. The van der Waals surface area contributed by atoms with Crippen LogP contribution in [0.4, 0.5) is 13.2 Å². The van der Waals surface area contributed by atoms with Crippen molar-refractivity contribution in [2.75, 3.05) is 6.54 Å². The smallest absolute Gasteiger partial charge is 0.312 e. The van der Waals surface area contributed by atoms with Gasteiger partial charge in [-0.3, -0.25) is 0 Å². The summed E-state index contributed by atoms with van der Waals surface area (Å²) in [6, 6.07) is 6.56. The van der Waals surface area contributed by atoms with Gasteiger partial charge in [-0.05, 0) is 52.8 Å². The Kier molecular flexibility index (Phi) is 4.37. The number of hydrogen-bond donors (Lipinski definition) is 1. The fraction of sp³-hybridized carbons (Fsp3) is 0.625. The van der Waals surface area contributed by atoms with Gasteiger partial charge in [0.05, 0.1) is 0 Å². The molecule has 1 nitrogen and oxygen atoms in total. The zero-order valence-electron chi connectivity index (χ0n) is 12.8. The standard InChI is InChI=1S/C16H22F3NS/c1-14(2)13(15(14,3)4)10-20-9-11-5-7-12(8-6-11)21-16(17,18)19/h5-8,13,20H,9-10H2,1-4H3. The van der Waals surface area contributed by atoms with E-state index in [9.17, 15) is 13.2 Å². The maximum Gasteiger partial charge on any atom is 0.446 e. The summed E-state index contributed by atoms with van der Waals surface area (Å²) in [5, 5.41) is 3.41. The first-order chi connectivity index (χ1) is 9.54. The van der Waals surface area contributed by atoms with Crippen LogP contribution in [0.3, 0.4) is 0 Å². The maximum atomic E-state index is 12.2. The molecule has 0 aromatic heterocycles. The van der Waals surface area contributed by atoms with Crippen molar-refractivity contribution >= 4 is 11.8 Å². The van der Waals surface area contributed by atoms with Gasteiger partial charge >= 0.3 is 5.51 Å². The van der Waals surface area contributed by atoms with E-state index in [4.69, 9.17) is 0 Å². The lowest BCUT2D eigenvalue weighted by Gasteiger charge is -2.08. The first-order valence-electron chi connectivity index (χ1n) is 7.09. The largest absolute Gasteiger partial charge is 0.446 e. The monoisotopic (exact) mass is 317 g/mol. The molecule has 1 aromatic rings. The summed E-state index contributed by atoms with van der Waals surface area (Å²) < 4.78 is 36.7. The fourth-order valence-electron chi connectivity index (χ4n) is 3.01. The maximum absolute atomic E-state index is 12.2. The summed E-state index contributed by atoms with van der Waals surface area (Å²) in [5.74, 6) is 0.644. The third-order valence-electron chi connectivity index (χ3n) is 5.15. The molecule has 1 aliphatic carbocycles. The van der Waals surface area contributed by atoms with Gasteiger partial charge in [-0.2, -0.15) is 13.2 Å². The Labute approximate surface area is 128 Å². The van der Waals surface area contributed by atoms with Gasteiger partial charge in [-0.25, -0.2) is 0 Å².